The summed E-state index contributed by atoms with van der Waals surface area (Å²) in [7, 11) is -3.17. The number of H-pyrrole nitrogens is 2. The van der Waals surface area contributed by atoms with E-state index in [0.717, 1.165) is 33.4 Å². The van der Waals surface area contributed by atoms with Crippen LogP contribution in [0.1, 0.15) is 11.1 Å². The fraction of sp³-hybridized carbons (Fsp3) is 0.143. The van der Waals surface area contributed by atoms with Crippen LogP contribution in [0.15, 0.2) is 67.0 Å². The van der Waals surface area contributed by atoms with Crippen molar-refractivity contribution >= 4 is 31.9 Å². The molecule has 0 amide bonds. The molecule has 4 aromatic heterocycles. The largest absolute Gasteiger partial charge is 0.336 e. The van der Waals surface area contributed by atoms with Gasteiger partial charge in [0.05, 0.1) is 28.0 Å². The molecule has 0 saturated carbocycles. The maximum atomic E-state index is 14.5. The third-order valence-electron chi connectivity index (χ3n) is 6.49. The summed E-state index contributed by atoms with van der Waals surface area (Å²) in [6, 6.07) is 16.0. The number of aromatic amines is 2. The van der Waals surface area contributed by atoms with E-state index in [1.165, 1.54) is 18.4 Å². The number of sulfone groups is 1. The second kappa shape index (κ2) is 9.14. The van der Waals surface area contributed by atoms with Crippen molar-refractivity contribution in [2.45, 2.75) is 13.3 Å². The number of hydrogen-bond donors (Lipinski definition) is 2. The van der Waals surface area contributed by atoms with Crippen LogP contribution in [0.2, 0.25) is 0 Å². The lowest BCUT2D eigenvalue weighted by atomic mass is 10.0. The van der Waals surface area contributed by atoms with Gasteiger partial charge >= 0.3 is 0 Å². The Morgan fingerprint density at radius 2 is 1.82 bits per heavy atom. The molecule has 0 fully saturated rings. The molecule has 0 radical (unpaired) electrons. The van der Waals surface area contributed by atoms with E-state index in [2.05, 4.69) is 20.2 Å². The van der Waals surface area contributed by atoms with Crippen molar-refractivity contribution in [3.8, 4) is 33.9 Å². The topological polar surface area (TPSA) is 117 Å². The molecular formula is C28H23FN6O2S. The molecule has 10 heteroatoms. The molecule has 0 spiro atoms. The van der Waals surface area contributed by atoms with E-state index in [0.29, 0.717) is 33.7 Å². The Hall–Kier alpha value is -4.44. The molecule has 190 valence electrons. The molecule has 2 aromatic carbocycles. The van der Waals surface area contributed by atoms with E-state index in [9.17, 15) is 12.8 Å². The predicted octanol–water partition coefficient (Wildman–Crippen LogP) is 5.26. The average Bonchev–Trinajstić information content (AvgIpc) is 3.50. The minimum absolute atomic E-state index is 0.0492. The number of para-hydroxylation sites is 1. The van der Waals surface area contributed by atoms with E-state index in [1.54, 1.807) is 12.4 Å². The van der Waals surface area contributed by atoms with Crippen molar-refractivity contribution in [3.63, 3.8) is 0 Å². The minimum atomic E-state index is -3.17. The van der Waals surface area contributed by atoms with Crippen LogP contribution in [0.4, 0.5) is 4.39 Å². The van der Waals surface area contributed by atoms with Crippen molar-refractivity contribution in [2.75, 3.05) is 12.0 Å². The maximum absolute atomic E-state index is 14.5. The van der Waals surface area contributed by atoms with Crippen molar-refractivity contribution in [2.24, 2.45) is 0 Å². The second-order valence-electron chi connectivity index (χ2n) is 9.37. The zero-order chi connectivity index (χ0) is 26.4. The zero-order valence-corrected chi connectivity index (χ0v) is 21.5. The highest BCUT2D eigenvalue weighted by Gasteiger charge is 2.18. The molecule has 6 rings (SSSR count). The van der Waals surface area contributed by atoms with Gasteiger partial charge in [-0.05, 0) is 66.4 Å². The number of nitrogens with zero attached hydrogens (tertiary/aromatic N) is 4. The molecule has 6 aromatic rings. The van der Waals surface area contributed by atoms with E-state index < -0.39 is 15.7 Å². The molecule has 38 heavy (non-hydrogen) atoms. The van der Waals surface area contributed by atoms with Crippen LogP contribution >= 0.6 is 0 Å². The number of imidazole rings is 1. The Bertz CT molecular complexity index is 1940. The van der Waals surface area contributed by atoms with E-state index >= 15 is 0 Å². The summed E-state index contributed by atoms with van der Waals surface area (Å²) >= 11 is 0. The van der Waals surface area contributed by atoms with Gasteiger partial charge in [0.15, 0.2) is 11.5 Å². The third-order valence-corrected chi connectivity index (χ3v) is 7.44. The average molecular weight is 527 g/mol. The van der Waals surface area contributed by atoms with Crippen LogP contribution in [0, 0.1) is 12.7 Å². The van der Waals surface area contributed by atoms with Crippen LogP contribution in [0.25, 0.3) is 56.0 Å². The van der Waals surface area contributed by atoms with Gasteiger partial charge in [0, 0.05) is 29.8 Å². The van der Waals surface area contributed by atoms with Crippen molar-refractivity contribution in [1.82, 2.24) is 30.1 Å². The number of benzene rings is 2. The van der Waals surface area contributed by atoms with Crippen LogP contribution < -0.4 is 0 Å². The summed E-state index contributed by atoms with van der Waals surface area (Å²) in [4.78, 5) is 17.3. The normalized spacial score (nSPS) is 12.0. The molecule has 8 nitrogen and oxygen atoms in total. The SMILES string of the molecule is Cc1ccncc1-c1ccc2[nH]nc(-c3nc4c(-c5cc(F)cc(CCS(C)(=O)=O)c5)cccc4[nH]3)c2n1. The van der Waals surface area contributed by atoms with E-state index in [4.69, 9.17) is 9.97 Å². The molecule has 0 atom stereocenters. The number of nitrogens with one attached hydrogen (secondary N) is 2. The summed E-state index contributed by atoms with van der Waals surface area (Å²) in [5, 5.41) is 7.51. The number of rotatable bonds is 6. The van der Waals surface area contributed by atoms with Gasteiger partial charge in [0.2, 0.25) is 0 Å². The van der Waals surface area contributed by atoms with Crippen LogP contribution in [0.3, 0.4) is 0 Å². The predicted molar refractivity (Wildman–Crippen MR) is 146 cm³/mol. The molecule has 0 saturated heterocycles. The molecule has 0 bridgehead atoms. The Morgan fingerprint density at radius 3 is 2.63 bits per heavy atom. The van der Waals surface area contributed by atoms with Crippen LogP contribution in [-0.4, -0.2) is 50.6 Å². The third kappa shape index (κ3) is 4.54. The molecule has 0 aliphatic carbocycles. The molecule has 2 N–H and O–H groups in total. The van der Waals surface area contributed by atoms with Gasteiger partial charge in [-0.1, -0.05) is 18.2 Å². The smallest absolute Gasteiger partial charge is 0.161 e. The highest BCUT2D eigenvalue weighted by molar-refractivity contribution is 7.90. The lowest BCUT2D eigenvalue weighted by Crippen LogP contribution is -2.06. The first-order valence-corrected chi connectivity index (χ1v) is 14.0. The number of pyridine rings is 2. The molecule has 0 aliphatic heterocycles. The van der Waals surface area contributed by atoms with Crippen molar-refractivity contribution < 1.29 is 12.8 Å². The fourth-order valence-corrected chi connectivity index (χ4v) is 5.18. The highest BCUT2D eigenvalue weighted by Crippen LogP contribution is 2.33. The van der Waals surface area contributed by atoms with Gasteiger partial charge in [-0.3, -0.25) is 10.1 Å². The summed E-state index contributed by atoms with van der Waals surface area (Å²) in [5.41, 5.74) is 8.16. The Labute approximate surface area is 217 Å². The Kier molecular flexibility index (Phi) is 5.76. The molecule has 0 aliphatic rings. The Balaban J connectivity index is 1.44. The number of aromatic nitrogens is 6. The van der Waals surface area contributed by atoms with Gasteiger partial charge < -0.3 is 4.98 Å². The van der Waals surface area contributed by atoms with Crippen molar-refractivity contribution in [1.29, 1.82) is 0 Å². The zero-order valence-electron chi connectivity index (χ0n) is 20.7. The summed E-state index contributed by atoms with van der Waals surface area (Å²) < 4.78 is 37.8. The van der Waals surface area contributed by atoms with Crippen LogP contribution in [0.5, 0.6) is 0 Å². The maximum Gasteiger partial charge on any atom is 0.161 e. The van der Waals surface area contributed by atoms with Gasteiger partial charge in [-0.15, -0.1) is 0 Å². The van der Waals surface area contributed by atoms with Gasteiger partial charge in [0.1, 0.15) is 21.2 Å². The number of fused-ring (bicyclic) bond motifs is 2. The lowest BCUT2D eigenvalue weighted by Gasteiger charge is -2.07. The first-order chi connectivity index (χ1) is 18.2. The minimum Gasteiger partial charge on any atom is -0.336 e. The molecule has 4 heterocycles. The van der Waals surface area contributed by atoms with E-state index in [1.807, 2.05) is 49.4 Å². The molecular weight excluding hydrogens is 503 g/mol. The first-order valence-electron chi connectivity index (χ1n) is 12.0. The molecule has 0 unspecified atom stereocenters. The summed E-state index contributed by atoms with van der Waals surface area (Å²) in [6.07, 6.45) is 4.95. The standard InChI is InChI=1S/C28H23FN6O2S/c1-16-8-10-30-15-21(16)22-6-7-24-26(31-22)27(35-34-24)28-32-23-5-3-4-20(25(23)33-28)18-12-17(13-19(29)14-18)9-11-38(2,36)37/h3-8,10,12-15H,9,11H2,1-2H3,(H,32,33)(H,34,35). The monoisotopic (exact) mass is 526 g/mol. The fourth-order valence-electron chi connectivity index (χ4n) is 4.58. The van der Waals surface area contributed by atoms with Gasteiger partial charge in [-0.2, -0.15) is 5.10 Å². The highest BCUT2D eigenvalue weighted by atomic mass is 32.2. The number of aryl methyl sites for hydroxylation is 2. The second-order valence-corrected chi connectivity index (χ2v) is 11.6. The van der Waals surface area contributed by atoms with Gasteiger partial charge in [0.25, 0.3) is 0 Å². The number of halogens is 1. The van der Waals surface area contributed by atoms with E-state index in [-0.39, 0.29) is 12.2 Å². The number of hydrogen-bond acceptors (Lipinski definition) is 6. The summed E-state index contributed by atoms with van der Waals surface area (Å²) in [6.45, 7) is 2.01. The van der Waals surface area contributed by atoms with Crippen LogP contribution in [-0.2, 0) is 16.3 Å². The first kappa shape index (κ1) is 23.9. The summed E-state index contributed by atoms with van der Waals surface area (Å²) in [5.74, 6) is 0.0475. The Morgan fingerprint density at radius 1 is 0.947 bits per heavy atom. The van der Waals surface area contributed by atoms with Crippen molar-refractivity contribution in [3.05, 3.63) is 83.9 Å². The van der Waals surface area contributed by atoms with Gasteiger partial charge in [-0.25, -0.2) is 22.8 Å². The lowest BCUT2D eigenvalue weighted by molar-refractivity contribution is 0.600. The quantitative estimate of drug-likeness (QED) is 0.306.